The van der Waals surface area contributed by atoms with Crippen molar-refractivity contribution in [3.63, 3.8) is 0 Å². The van der Waals surface area contributed by atoms with E-state index in [9.17, 15) is 0 Å². The van der Waals surface area contributed by atoms with Crippen LogP contribution in [-0.2, 0) is 4.74 Å². The SMILES string of the molecule is CCSc1cccc(NC2(C)CCCOC2)c1C(N)=S. The first-order valence-corrected chi connectivity index (χ1v) is 8.37. The Morgan fingerprint density at radius 1 is 1.55 bits per heavy atom. The van der Waals surface area contributed by atoms with Crippen molar-refractivity contribution in [2.45, 2.75) is 37.1 Å². The van der Waals surface area contributed by atoms with Gasteiger partial charge in [0, 0.05) is 22.8 Å². The lowest BCUT2D eigenvalue weighted by atomic mass is 9.94. The molecule has 20 heavy (non-hydrogen) atoms. The largest absolute Gasteiger partial charge is 0.389 e. The maximum atomic E-state index is 5.94. The number of benzene rings is 1. The van der Waals surface area contributed by atoms with E-state index in [-0.39, 0.29) is 5.54 Å². The molecule has 110 valence electrons. The topological polar surface area (TPSA) is 47.3 Å². The second kappa shape index (κ2) is 6.78. The zero-order chi connectivity index (χ0) is 14.6. The minimum Gasteiger partial charge on any atom is -0.389 e. The minimum absolute atomic E-state index is 0.0483. The summed E-state index contributed by atoms with van der Waals surface area (Å²) in [6.45, 7) is 5.89. The number of hydrogen-bond acceptors (Lipinski definition) is 4. The number of anilines is 1. The molecule has 5 heteroatoms. The number of thiocarbonyl (C=S) groups is 1. The molecule has 1 aromatic carbocycles. The van der Waals surface area contributed by atoms with Crippen molar-refractivity contribution >= 4 is 34.7 Å². The molecule has 1 saturated heterocycles. The van der Waals surface area contributed by atoms with Crippen LogP contribution in [0.4, 0.5) is 5.69 Å². The maximum absolute atomic E-state index is 5.94. The Bertz CT molecular complexity index is 485. The van der Waals surface area contributed by atoms with E-state index in [1.807, 2.05) is 6.07 Å². The summed E-state index contributed by atoms with van der Waals surface area (Å²) in [5.41, 5.74) is 7.87. The van der Waals surface area contributed by atoms with Crippen LogP contribution in [0, 0.1) is 0 Å². The molecular formula is C15H22N2OS2. The zero-order valence-corrected chi connectivity index (χ0v) is 13.7. The van der Waals surface area contributed by atoms with Gasteiger partial charge in [-0.3, -0.25) is 0 Å². The number of nitrogens with two attached hydrogens (primary N) is 1. The van der Waals surface area contributed by atoms with Crippen molar-refractivity contribution < 1.29 is 4.74 Å². The highest BCUT2D eigenvalue weighted by atomic mass is 32.2. The first-order chi connectivity index (χ1) is 9.56. The fourth-order valence-corrected chi connectivity index (χ4v) is 3.66. The molecule has 2 rings (SSSR count). The highest BCUT2D eigenvalue weighted by Gasteiger charge is 2.28. The summed E-state index contributed by atoms with van der Waals surface area (Å²) in [5, 5.41) is 3.60. The lowest BCUT2D eigenvalue weighted by molar-refractivity contribution is 0.0540. The van der Waals surface area contributed by atoms with Gasteiger partial charge in [-0.25, -0.2) is 0 Å². The van der Waals surface area contributed by atoms with Crippen LogP contribution in [0.1, 0.15) is 32.3 Å². The van der Waals surface area contributed by atoms with E-state index in [4.69, 9.17) is 22.7 Å². The van der Waals surface area contributed by atoms with Crippen molar-refractivity contribution in [2.24, 2.45) is 5.73 Å². The monoisotopic (exact) mass is 310 g/mol. The van der Waals surface area contributed by atoms with E-state index >= 15 is 0 Å². The van der Waals surface area contributed by atoms with Crippen LogP contribution in [0.2, 0.25) is 0 Å². The molecule has 1 aliphatic heterocycles. The van der Waals surface area contributed by atoms with E-state index < -0.39 is 0 Å². The van der Waals surface area contributed by atoms with Gasteiger partial charge in [0.25, 0.3) is 0 Å². The van der Waals surface area contributed by atoms with Gasteiger partial charge in [0.1, 0.15) is 4.99 Å². The molecule has 0 amide bonds. The second-order valence-corrected chi connectivity index (χ2v) is 7.06. The van der Waals surface area contributed by atoms with Gasteiger partial charge in [0.15, 0.2) is 0 Å². The third kappa shape index (κ3) is 3.65. The number of nitrogens with one attached hydrogen (secondary N) is 1. The Kier molecular flexibility index (Phi) is 5.29. The predicted octanol–water partition coefficient (Wildman–Crippen LogP) is 3.41. The quantitative estimate of drug-likeness (QED) is 0.644. The van der Waals surface area contributed by atoms with E-state index in [1.165, 1.54) is 0 Å². The molecular weight excluding hydrogens is 288 g/mol. The fraction of sp³-hybridized carbons (Fsp3) is 0.533. The van der Waals surface area contributed by atoms with Crippen LogP contribution in [0.5, 0.6) is 0 Å². The van der Waals surface area contributed by atoms with E-state index in [1.54, 1.807) is 11.8 Å². The lowest BCUT2D eigenvalue weighted by Gasteiger charge is -2.36. The van der Waals surface area contributed by atoms with Gasteiger partial charge >= 0.3 is 0 Å². The molecule has 3 N–H and O–H groups in total. The number of rotatable bonds is 5. The van der Waals surface area contributed by atoms with Gasteiger partial charge in [-0.15, -0.1) is 11.8 Å². The Balaban J connectivity index is 2.30. The average molecular weight is 310 g/mol. The van der Waals surface area contributed by atoms with Crippen molar-refractivity contribution in [2.75, 3.05) is 24.3 Å². The number of hydrogen-bond donors (Lipinski definition) is 2. The maximum Gasteiger partial charge on any atom is 0.107 e. The molecule has 0 bridgehead atoms. The van der Waals surface area contributed by atoms with Gasteiger partial charge in [0.05, 0.1) is 12.1 Å². The molecule has 0 radical (unpaired) electrons. The minimum atomic E-state index is -0.0483. The fourth-order valence-electron chi connectivity index (χ4n) is 2.52. The van der Waals surface area contributed by atoms with E-state index in [0.29, 0.717) is 4.99 Å². The first-order valence-electron chi connectivity index (χ1n) is 6.97. The average Bonchev–Trinajstić information content (AvgIpc) is 2.39. The Morgan fingerprint density at radius 2 is 2.35 bits per heavy atom. The summed E-state index contributed by atoms with van der Waals surface area (Å²) < 4.78 is 5.60. The molecule has 0 aromatic heterocycles. The third-order valence-corrected chi connectivity index (χ3v) is 4.59. The van der Waals surface area contributed by atoms with Gasteiger partial charge < -0.3 is 15.8 Å². The smallest absolute Gasteiger partial charge is 0.107 e. The Hall–Kier alpha value is -0.780. The van der Waals surface area contributed by atoms with Crippen LogP contribution >= 0.6 is 24.0 Å². The molecule has 0 aliphatic carbocycles. The highest BCUT2D eigenvalue weighted by Crippen LogP contribution is 2.32. The third-order valence-electron chi connectivity index (χ3n) is 3.45. The lowest BCUT2D eigenvalue weighted by Crippen LogP contribution is -2.43. The van der Waals surface area contributed by atoms with Crippen molar-refractivity contribution in [1.82, 2.24) is 0 Å². The van der Waals surface area contributed by atoms with Crippen molar-refractivity contribution in [3.8, 4) is 0 Å². The molecule has 1 aliphatic rings. The van der Waals surface area contributed by atoms with Crippen LogP contribution in [0.25, 0.3) is 0 Å². The molecule has 1 aromatic rings. The first kappa shape index (κ1) is 15.6. The van der Waals surface area contributed by atoms with Crippen LogP contribution in [0.3, 0.4) is 0 Å². The summed E-state index contributed by atoms with van der Waals surface area (Å²) >= 11 is 7.02. The van der Waals surface area contributed by atoms with Gasteiger partial charge in [-0.05, 0) is 37.7 Å². The number of ether oxygens (including phenoxy) is 1. The van der Waals surface area contributed by atoms with Crippen molar-refractivity contribution in [1.29, 1.82) is 0 Å². The molecule has 1 unspecified atom stereocenters. The van der Waals surface area contributed by atoms with Crippen LogP contribution in [-0.4, -0.2) is 29.5 Å². The predicted molar refractivity (Wildman–Crippen MR) is 90.8 cm³/mol. The highest BCUT2D eigenvalue weighted by molar-refractivity contribution is 7.99. The number of thioether (sulfide) groups is 1. The summed E-state index contributed by atoms with van der Waals surface area (Å²) in [5.74, 6) is 0.999. The molecule has 3 nitrogen and oxygen atoms in total. The van der Waals surface area contributed by atoms with Crippen LogP contribution < -0.4 is 11.1 Å². The second-order valence-electron chi connectivity index (χ2n) is 5.32. The van der Waals surface area contributed by atoms with Gasteiger partial charge in [-0.1, -0.05) is 25.2 Å². The molecule has 1 heterocycles. The summed E-state index contributed by atoms with van der Waals surface area (Å²) in [6, 6.07) is 6.18. The normalized spacial score (nSPS) is 22.5. The standard InChI is InChI=1S/C15H22N2OS2/c1-3-20-12-7-4-6-11(13(12)14(16)19)17-15(2)8-5-9-18-10-15/h4,6-7,17H,3,5,8-10H2,1-2H3,(H2,16,19). The Morgan fingerprint density at radius 3 is 2.95 bits per heavy atom. The zero-order valence-electron chi connectivity index (χ0n) is 12.1. The van der Waals surface area contributed by atoms with Gasteiger partial charge in [0.2, 0.25) is 0 Å². The molecule has 0 spiro atoms. The summed E-state index contributed by atoms with van der Waals surface area (Å²) in [7, 11) is 0. The van der Waals surface area contributed by atoms with Crippen LogP contribution in [0.15, 0.2) is 23.1 Å². The molecule has 1 atom stereocenters. The van der Waals surface area contributed by atoms with E-state index in [0.717, 1.165) is 48.0 Å². The summed E-state index contributed by atoms with van der Waals surface area (Å²) in [4.78, 5) is 1.59. The molecule has 1 fully saturated rings. The van der Waals surface area contributed by atoms with Crippen molar-refractivity contribution in [3.05, 3.63) is 23.8 Å². The summed E-state index contributed by atoms with van der Waals surface area (Å²) in [6.07, 6.45) is 2.17. The van der Waals surface area contributed by atoms with Gasteiger partial charge in [-0.2, -0.15) is 0 Å². The Labute approximate surface area is 130 Å². The van der Waals surface area contributed by atoms with E-state index in [2.05, 4.69) is 31.3 Å². The molecule has 0 saturated carbocycles.